The Kier molecular flexibility index (Phi) is 7.34. The van der Waals surface area contributed by atoms with Crippen molar-refractivity contribution in [3.05, 3.63) is 41.0 Å². The van der Waals surface area contributed by atoms with Crippen molar-refractivity contribution in [2.75, 3.05) is 25.3 Å². The summed E-state index contributed by atoms with van der Waals surface area (Å²) in [6.07, 6.45) is 4.74. The number of anilines is 1. The third kappa shape index (κ3) is 5.06. The van der Waals surface area contributed by atoms with E-state index in [1.165, 1.54) is 43.1 Å². The minimum atomic E-state index is -0.500. The second-order valence-electron chi connectivity index (χ2n) is 7.79. The third-order valence-electron chi connectivity index (χ3n) is 5.76. The predicted octanol–water partition coefficient (Wildman–Crippen LogP) is 4.73. The quantitative estimate of drug-likeness (QED) is 0.363. The van der Waals surface area contributed by atoms with Crippen molar-refractivity contribution in [2.24, 2.45) is 7.05 Å². The molecule has 0 spiro atoms. The molecule has 0 atom stereocenters. The zero-order valence-electron chi connectivity index (χ0n) is 18.8. The zero-order chi connectivity index (χ0) is 23.4. The van der Waals surface area contributed by atoms with Crippen molar-refractivity contribution >= 4 is 40.0 Å². The number of thiophene rings is 1. The summed E-state index contributed by atoms with van der Waals surface area (Å²) in [6.45, 7) is 0. The van der Waals surface area contributed by atoms with E-state index in [0.29, 0.717) is 27.2 Å². The maximum Gasteiger partial charge on any atom is 0.341 e. The lowest BCUT2D eigenvalue weighted by atomic mass is 10.0. The number of methoxy groups -OCH3 is 2. The van der Waals surface area contributed by atoms with Crippen molar-refractivity contribution in [2.45, 2.75) is 36.8 Å². The standard InChI is InChI=1S/C23H26N4O4S2/c1-27-20(15-6-4-5-7-15)25-26-23(27)33-13-18(28)24-21-19(22(29)31-3)17(12-32-21)14-8-10-16(30-2)11-9-14/h8-12,15H,4-7,13H2,1-3H3,(H,24,28). The van der Waals surface area contributed by atoms with Gasteiger partial charge < -0.3 is 19.4 Å². The van der Waals surface area contributed by atoms with Gasteiger partial charge in [-0.3, -0.25) is 4.79 Å². The molecule has 1 aliphatic rings. The predicted molar refractivity (Wildman–Crippen MR) is 129 cm³/mol. The number of rotatable bonds is 8. The number of thioether (sulfide) groups is 1. The summed E-state index contributed by atoms with van der Waals surface area (Å²) in [7, 11) is 4.88. The lowest BCUT2D eigenvalue weighted by Gasteiger charge is -2.09. The number of nitrogens with one attached hydrogen (secondary N) is 1. The largest absolute Gasteiger partial charge is 0.497 e. The number of ether oxygens (including phenoxy) is 2. The molecule has 8 nitrogen and oxygen atoms in total. The number of aromatic nitrogens is 3. The van der Waals surface area contributed by atoms with Gasteiger partial charge in [-0.25, -0.2) is 4.79 Å². The second kappa shape index (κ2) is 10.4. The van der Waals surface area contributed by atoms with Crippen LogP contribution in [-0.2, 0) is 16.6 Å². The number of hydrogen-bond donors (Lipinski definition) is 1. The van der Waals surface area contributed by atoms with Gasteiger partial charge >= 0.3 is 5.97 Å². The maximum absolute atomic E-state index is 12.7. The lowest BCUT2D eigenvalue weighted by molar-refractivity contribution is -0.113. The SMILES string of the molecule is COC(=O)c1c(-c2ccc(OC)cc2)csc1NC(=O)CSc1nnc(C2CCCC2)n1C. The van der Waals surface area contributed by atoms with Gasteiger partial charge in [0.15, 0.2) is 5.16 Å². The molecule has 0 unspecified atom stereocenters. The first-order valence-electron chi connectivity index (χ1n) is 10.7. The van der Waals surface area contributed by atoms with Gasteiger partial charge in [0.05, 0.1) is 20.0 Å². The Morgan fingerprint density at radius 2 is 1.91 bits per heavy atom. The number of hydrogen-bond acceptors (Lipinski definition) is 8. The molecule has 1 fully saturated rings. The first-order chi connectivity index (χ1) is 16.0. The van der Waals surface area contributed by atoms with Crippen LogP contribution >= 0.6 is 23.1 Å². The Balaban J connectivity index is 1.46. The van der Waals surface area contributed by atoms with Crippen LogP contribution in [0.1, 0.15) is 47.8 Å². The van der Waals surface area contributed by atoms with Crippen LogP contribution < -0.4 is 10.1 Å². The molecule has 1 aromatic carbocycles. The highest BCUT2D eigenvalue weighted by molar-refractivity contribution is 7.99. The van der Waals surface area contributed by atoms with Gasteiger partial charge in [0.1, 0.15) is 22.1 Å². The molecule has 0 bridgehead atoms. The molecule has 1 amide bonds. The first kappa shape index (κ1) is 23.3. The molecule has 174 valence electrons. The van der Waals surface area contributed by atoms with E-state index in [4.69, 9.17) is 9.47 Å². The van der Waals surface area contributed by atoms with E-state index in [2.05, 4.69) is 15.5 Å². The molecule has 2 aromatic heterocycles. The second-order valence-corrected chi connectivity index (χ2v) is 9.61. The smallest absolute Gasteiger partial charge is 0.341 e. The summed E-state index contributed by atoms with van der Waals surface area (Å²) in [4.78, 5) is 25.2. The number of esters is 1. The average molecular weight is 487 g/mol. The Labute approximate surface area is 200 Å². The lowest BCUT2D eigenvalue weighted by Crippen LogP contribution is -2.16. The van der Waals surface area contributed by atoms with Crippen LogP contribution in [0, 0.1) is 0 Å². The van der Waals surface area contributed by atoms with Crippen LogP contribution in [0.4, 0.5) is 5.00 Å². The molecule has 0 saturated heterocycles. The molecule has 1 saturated carbocycles. The molecule has 1 N–H and O–H groups in total. The average Bonchev–Trinajstić information content (AvgIpc) is 3.58. The molecular formula is C23H26N4O4S2. The van der Waals surface area contributed by atoms with Crippen molar-refractivity contribution in [3.63, 3.8) is 0 Å². The monoisotopic (exact) mass is 486 g/mol. The number of carbonyl (C=O) groups excluding carboxylic acids is 2. The zero-order valence-corrected chi connectivity index (χ0v) is 20.4. The van der Waals surface area contributed by atoms with Crippen LogP contribution in [0.2, 0.25) is 0 Å². The normalized spacial score (nSPS) is 13.8. The third-order valence-corrected chi connectivity index (χ3v) is 7.67. The van der Waals surface area contributed by atoms with Gasteiger partial charge in [-0.05, 0) is 30.5 Å². The number of carbonyl (C=O) groups is 2. The highest BCUT2D eigenvalue weighted by atomic mass is 32.2. The molecule has 4 rings (SSSR count). The van der Waals surface area contributed by atoms with Gasteiger partial charge in [0.2, 0.25) is 5.91 Å². The van der Waals surface area contributed by atoms with Crippen LogP contribution in [0.5, 0.6) is 5.75 Å². The molecule has 33 heavy (non-hydrogen) atoms. The molecule has 2 heterocycles. The number of benzene rings is 1. The fourth-order valence-corrected chi connectivity index (χ4v) is 5.71. The van der Waals surface area contributed by atoms with E-state index < -0.39 is 5.97 Å². The van der Waals surface area contributed by atoms with Gasteiger partial charge in [0.25, 0.3) is 0 Å². The van der Waals surface area contributed by atoms with E-state index in [1.807, 2.05) is 41.3 Å². The Bertz CT molecular complexity index is 1130. The summed E-state index contributed by atoms with van der Waals surface area (Å²) >= 11 is 2.63. The van der Waals surface area contributed by atoms with Crippen LogP contribution in [0.15, 0.2) is 34.8 Å². The first-order valence-corrected chi connectivity index (χ1v) is 12.5. The summed E-state index contributed by atoms with van der Waals surface area (Å²) in [5, 5.41) is 14.5. The Hall–Kier alpha value is -2.85. The molecular weight excluding hydrogens is 460 g/mol. The summed E-state index contributed by atoms with van der Waals surface area (Å²) < 4.78 is 12.2. The molecule has 3 aromatic rings. The molecule has 1 aliphatic carbocycles. The van der Waals surface area contributed by atoms with Crippen molar-refractivity contribution in [1.82, 2.24) is 14.8 Å². The van der Waals surface area contributed by atoms with Crippen LogP contribution in [-0.4, -0.2) is 46.6 Å². The fraction of sp³-hybridized carbons (Fsp3) is 0.391. The van der Waals surface area contributed by atoms with Gasteiger partial charge in [-0.2, -0.15) is 0 Å². The summed E-state index contributed by atoms with van der Waals surface area (Å²) in [6, 6.07) is 7.38. The summed E-state index contributed by atoms with van der Waals surface area (Å²) in [5.74, 6) is 1.60. The van der Waals surface area contributed by atoms with Gasteiger partial charge in [-0.1, -0.05) is 36.7 Å². The minimum Gasteiger partial charge on any atom is -0.497 e. The number of nitrogens with zero attached hydrogens (tertiary/aromatic N) is 3. The van der Waals surface area contributed by atoms with E-state index in [1.54, 1.807) is 7.11 Å². The number of amides is 1. The van der Waals surface area contributed by atoms with Gasteiger partial charge in [-0.15, -0.1) is 21.5 Å². The van der Waals surface area contributed by atoms with Crippen molar-refractivity contribution in [3.8, 4) is 16.9 Å². The highest BCUT2D eigenvalue weighted by Crippen LogP contribution is 2.37. The van der Waals surface area contributed by atoms with E-state index >= 15 is 0 Å². The Morgan fingerprint density at radius 1 is 1.18 bits per heavy atom. The molecule has 0 aliphatic heterocycles. The molecule has 10 heteroatoms. The molecule has 0 radical (unpaired) electrons. The van der Waals surface area contributed by atoms with Crippen molar-refractivity contribution < 1.29 is 19.1 Å². The maximum atomic E-state index is 12.7. The van der Waals surface area contributed by atoms with Gasteiger partial charge in [0, 0.05) is 23.9 Å². The van der Waals surface area contributed by atoms with Crippen LogP contribution in [0.25, 0.3) is 11.1 Å². The minimum absolute atomic E-state index is 0.160. The fourth-order valence-electron chi connectivity index (χ4n) is 4.02. The highest BCUT2D eigenvalue weighted by Gasteiger charge is 2.25. The van der Waals surface area contributed by atoms with E-state index in [-0.39, 0.29) is 11.7 Å². The topological polar surface area (TPSA) is 95.3 Å². The van der Waals surface area contributed by atoms with Crippen molar-refractivity contribution in [1.29, 1.82) is 0 Å². The van der Waals surface area contributed by atoms with E-state index in [9.17, 15) is 9.59 Å². The summed E-state index contributed by atoms with van der Waals surface area (Å²) in [5.41, 5.74) is 1.88. The van der Waals surface area contributed by atoms with Crippen LogP contribution in [0.3, 0.4) is 0 Å². The Morgan fingerprint density at radius 3 is 2.58 bits per heavy atom. The van der Waals surface area contributed by atoms with E-state index in [0.717, 1.165) is 30.0 Å².